The molecule has 6 nitrogen and oxygen atoms in total. The third-order valence-electron chi connectivity index (χ3n) is 5.63. The first-order valence-corrected chi connectivity index (χ1v) is 12.2. The molecule has 33 heavy (non-hydrogen) atoms. The van der Waals surface area contributed by atoms with Gasteiger partial charge >= 0.3 is 0 Å². The molecule has 1 amide bonds. The SMILES string of the molecule is CCc1cccc(Nc2nc3ccc(C(=O)N(CC(C)C)CC(C)C)cc3n2CCCN)c1. The van der Waals surface area contributed by atoms with Crippen molar-refractivity contribution in [3.63, 3.8) is 0 Å². The van der Waals surface area contributed by atoms with Crippen LogP contribution in [0, 0.1) is 11.8 Å². The highest BCUT2D eigenvalue weighted by molar-refractivity contribution is 5.98. The van der Waals surface area contributed by atoms with E-state index in [-0.39, 0.29) is 5.91 Å². The van der Waals surface area contributed by atoms with Crippen LogP contribution in [0.3, 0.4) is 0 Å². The van der Waals surface area contributed by atoms with Gasteiger partial charge < -0.3 is 20.5 Å². The predicted molar refractivity (Wildman–Crippen MR) is 138 cm³/mol. The zero-order valence-corrected chi connectivity index (χ0v) is 20.8. The number of aromatic nitrogens is 2. The highest BCUT2D eigenvalue weighted by atomic mass is 16.2. The number of imidazole rings is 1. The van der Waals surface area contributed by atoms with Gasteiger partial charge in [-0.2, -0.15) is 0 Å². The zero-order chi connectivity index (χ0) is 24.0. The summed E-state index contributed by atoms with van der Waals surface area (Å²) in [7, 11) is 0. The molecule has 3 aromatic rings. The molecule has 0 aliphatic rings. The van der Waals surface area contributed by atoms with Crippen LogP contribution >= 0.6 is 0 Å². The molecule has 0 bridgehead atoms. The zero-order valence-electron chi connectivity index (χ0n) is 20.8. The van der Waals surface area contributed by atoms with Crippen molar-refractivity contribution >= 4 is 28.6 Å². The van der Waals surface area contributed by atoms with Gasteiger partial charge in [0.1, 0.15) is 0 Å². The van der Waals surface area contributed by atoms with Crippen molar-refractivity contribution in [3.8, 4) is 0 Å². The molecule has 0 unspecified atom stereocenters. The minimum Gasteiger partial charge on any atom is -0.338 e. The quantitative estimate of drug-likeness (QED) is 0.408. The van der Waals surface area contributed by atoms with E-state index in [0.29, 0.717) is 23.9 Å². The molecule has 0 saturated carbocycles. The summed E-state index contributed by atoms with van der Waals surface area (Å²) in [4.78, 5) is 20.2. The molecule has 1 aromatic heterocycles. The Morgan fingerprint density at radius 3 is 2.45 bits per heavy atom. The maximum atomic E-state index is 13.4. The molecule has 0 saturated heterocycles. The summed E-state index contributed by atoms with van der Waals surface area (Å²) >= 11 is 0. The second kappa shape index (κ2) is 11.3. The van der Waals surface area contributed by atoms with E-state index in [1.54, 1.807) is 0 Å². The van der Waals surface area contributed by atoms with E-state index in [1.165, 1.54) is 5.56 Å². The monoisotopic (exact) mass is 449 g/mol. The van der Waals surface area contributed by atoms with E-state index in [4.69, 9.17) is 10.7 Å². The second-order valence-electron chi connectivity index (χ2n) is 9.61. The average molecular weight is 450 g/mol. The maximum absolute atomic E-state index is 13.4. The first kappa shape index (κ1) is 24.8. The van der Waals surface area contributed by atoms with Crippen molar-refractivity contribution in [2.75, 3.05) is 25.0 Å². The van der Waals surface area contributed by atoms with Gasteiger partial charge in [-0.1, -0.05) is 46.8 Å². The Morgan fingerprint density at radius 1 is 1.09 bits per heavy atom. The van der Waals surface area contributed by atoms with Crippen LogP contribution in [0.2, 0.25) is 0 Å². The standard InChI is InChI=1S/C27H39N5O/c1-6-21-9-7-10-23(15-21)29-27-30-24-12-11-22(16-25(24)32(27)14-8-13-28)26(33)31(17-19(2)3)18-20(4)5/h7,9-12,15-16,19-20H,6,8,13-14,17-18,28H2,1-5H3,(H,29,30). The van der Waals surface area contributed by atoms with E-state index in [2.05, 4.69) is 68.8 Å². The van der Waals surface area contributed by atoms with Gasteiger partial charge in [-0.25, -0.2) is 4.98 Å². The number of benzene rings is 2. The smallest absolute Gasteiger partial charge is 0.253 e. The summed E-state index contributed by atoms with van der Waals surface area (Å²) in [5, 5.41) is 3.48. The van der Waals surface area contributed by atoms with Crippen molar-refractivity contribution in [2.45, 2.75) is 54.0 Å². The predicted octanol–water partition coefficient (Wildman–Crippen LogP) is 5.45. The summed E-state index contributed by atoms with van der Waals surface area (Å²) < 4.78 is 2.15. The number of anilines is 2. The lowest BCUT2D eigenvalue weighted by Gasteiger charge is -2.26. The fraction of sp³-hybridized carbons (Fsp3) is 0.481. The van der Waals surface area contributed by atoms with E-state index in [1.807, 2.05) is 23.1 Å². The van der Waals surface area contributed by atoms with Gasteiger partial charge in [-0.15, -0.1) is 0 Å². The fourth-order valence-corrected chi connectivity index (χ4v) is 4.13. The molecule has 0 aliphatic heterocycles. The normalized spacial score (nSPS) is 11.5. The maximum Gasteiger partial charge on any atom is 0.253 e. The third kappa shape index (κ3) is 6.35. The van der Waals surface area contributed by atoms with Gasteiger partial charge in [0, 0.05) is 30.9 Å². The minimum absolute atomic E-state index is 0.0797. The summed E-state index contributed by atoms with van der Waals surface area (Å²) in [5.74, 6) is 1.69. The molecule has 6 heteroatoms. The van der Waals surface area contributed by atoms with Crippen LogP contribution in [-0.4, -0.2) is 40.0 Å². The Labute approximate surface area is 198 Å². The number of amides is 1. The van der Waals surface area contributed by atoms with Crippen molar-refractivity contribution in [1.82, 2.24) is 14.5 Å². The van der Waals surface area contributed by atoms with Gasteiger partial charge in [0.2, 0.25) is 5.95 Å². The Balaban J connectivity index is 1.99. The minimum atomic E-state index is 0.0797. The molecular formula is C27H39N5O. The molecule has 0 atom stereocenters. The average Bonchev–Trinajstić information content (AvgIpc) is 3.12. The summed E-state index contributed by atoms with van der Waals surface area (Å²) in [6.45, 7) is 13.6. The number of carbonyl (C=O) groups excluding carboxylic acids is 1. The summed E-state index contributed by atoms with van der Waals surface area (Å²) in [6, 6.07) is 14.2. The van der Waals surface area contributed by atoms with Gasteiger partial charge in [-0.3, -0.25) is 4.79 Å². The molecular weight excluding hydrogens is 410 g/mol. The lowest BCUT2D eigenvalue weighted by Crippen LogP contribution is -2.37. The Morgan fingerprint density at radius 2 is 1.82 bits per heavy atom. The molecule has 3 N–H and O–H groups in total. The number of nitrogens with zero attached hydrogens (tertiary/aromatic N) is 3. The van der Waals surface area contributed by atoms with Gasteiger partial charge in [-0.05, 0) is 67.1 Å². The lowest BCUT2D eigenvalue weighted by molar-refractivity contribution is 0.0715. The Bertz CT molecular complexity index is 1060. The van der Waals surface area contributed by atoms with Crippen LogP contribution in [0.25, 0.3) is 11.0 Å². The molecule has 0 aliphatic carbocycles. The van der Waals surface area contributed by atoms with Gasteiger partial charge in [0.15, 0.2) is 0 Å². The first-order valence-electron chi connectivity index (χ1n) is 12.2. The van der Waals surface area contributed by atoms with Crippen LogP contribution in [0.4, 0.5) is 11.6 Å². The van der Waals surface area contributed by atoms with Crippen molar-refractivity contribution in [2.24, 2.45) is 17.6 Å². The van der Waals surface area contributed by atoms with E-state index in [9.17, 15) is 4.79 Å². The molecule has 178 valence electrons. The van der Waals surface area contributed by atoms with Gasteiger partial charge in [0.25, 0.3) is 5.91 Å². The number of carbonyl (C=O) groups is 1. The first-order chi connectivity index (χ1) is 15.8. The topological polar surface area (TPSA) is 76.2 Å². The molecule has 0 fully saturated rings. The highest BCUT2D eigenvalue weighted by Crippen LogP contribution is 2.26. The highest BCUT2D eigenvalue weighted by Gasteiger charge is 2.20. The number of aryl methyl sites for hydroxylation is 2. The molecule has 3 rings (SSSR count). The largest absolute Gasteiger partial charge is 0.338 e. The Hall–Kier alpha value is -2.86. The van der Waals surface area contributed by atoms with E-state index in [0.717, 1.165) is 55.1 Å². The third-order valence-corrected chi connectivity index (χ3v) is 5.63. The van der Waals surface area contributed by atoms with Crippen LogP contribution in [0.15, 0.2) is 42.5 Å². The van der Waals surface area contributed by atoms with E-state index >= 15 is 0 Å². The van der Waals surface area contributed by atoms with Crippen LogP contribution < -0.4 is 11.1 Å². The van der Waals surface area contributed by atoms with Crippen LogP contribution in [0.1, 0.15) is 57.0 Å². The number of hydrogen-bond acceptors (Lipinski definition) is 4. The fourth-order valence-electron chi connectivity index (χ4n) is 4.13. The van der Waals surface area contributed by atoms with Crippen molar-refractivity contribution in [3.05, 3.63) is 53.6 Å². The summed E-state index contributed by atoms with van der Waals surface area (Å²) in [5.41, 5.74) is 10.6. The molecule has 2 aromatic carbocycles. The second-order valence-corrected chi connectivity index (χ2v) is 9.61. The number of nitrogens with one attached hydrogen (secondary N) is 1. The number of nitrogens with two attached hydrogens (primary N) is 1. The van der Waals surface area contributed by atoms with Crippen molar-refractivity contribution in [1.29, 1.82) is 0 Å². The summed E-state index contributed by atoms with van der Waals surface area (Å²) in [6.07, 6.45) is 1.81. The number of rotatable bonds is 11. The van der Waals surface area contributed by atoms with Gasteiger partial charge in [0.05, 0.1) is 11.0 Å². The van der Waals surface area contributed by atoms with Crippen LogP contribution in [0.5, 0.6) is 0 Å². The molecule has 0 radical (unpaired) electrons. The number of fused-ring (bicyclic) bond motifs is 1. The van der Waals surface area contributed by atoms with Crippen LogP contribution in [-0.2, 0) is 13.0 Å². The lowest BCUT2D eigenvalue weighted by atomic mass is 10.1. The van der Waals surface area contributed by atoms with E-state index < -0.39 is 0 Å². The Kier molecular flexibility index (Phi) is 8.50. The van der Waals surface area contributed by atoms with Crippen molar-refractivity contribution < 1.29 is 4.79 Å². The molecule has 1 heterocycles. The number of hydrogen-bond donors (Lipinski definition) is 2. The molecule has 0 spiro atoms.